The first kappa shape index (κ1) is 25.0. The Kier molecular flexibility index (Phi) is 7.60. The number of sulfonamides is 1. The Balaban J connectivity index is 1.55. The molecule has 4 rings (SSSR count). The molecule has 1 aliphatic heterocycles. The maximum atomic E-state index is 11.6. The zero-order valence-electron chi connectivity index (χ0n) is 19.2. The summed E-state index contributed by atoms with van der Waals surface area (Å²) < 4.78 is 28.8. The summed E-state index contributed by atoms with van der Waals surface area (Å²) in [6, 6.07) is 13.0. The minimum absolute atomic E-state index is 0.255. The highest BCUT2D eigenvalue weighted by molar-refractivity contribution is 7.88. The number of rotatable bonds is 8. The van der Waals surface area contributed by atoms with Crippen molar-refractivity contribution in [2.75, 3.05) is 35.7 Å². The van der Waals surface area contributed by atoms with Gasteiger partial charge in [-0.05, 0) is 36.6 Å². The van der Waals surface area contributed by atoms with Crippen molar-refractivity contribution in [3.05, 3.63) is 59.2 Å². The normalized spacial score (nSPS) is 14.6. The quantitative estimate of drug-likeness (QED) is 0.353. The number of hydrogen-bond donors (Lipinski definition) is 4. The number of halogens is 1. The topological polar surface area (TPSA) is 148 Å². The van der Waals surface area contributed by atoms with E-state index in [2.05, 4.69) is 25.5 Å². The molecule has 2 aromatic carbocycles. The monoisotopic (exact) mass is 517 g/mol. The minimum Gasteiger partial charge on any atom is -0.494 e. The number of hydrogen-bond acceptors (Lipinski definition) is 9. The van der Waals surface area contributed by atoms with Crippen LogP contribution in [0.4, 0.5) is 28.8 Å². The van der Waals surface area contributed by atoms with Crippen LogP contribution in [0.25, 0.3) is 0 Å². The van der Waals surface area contributed by atoms with E-state index in [-0.39, 0.29) is 22.8 Å². The number of para-hydroxylation sites is 1. The molecule has 0 saturated carbocycles. The molecule has 35 heavy (non-hydrogen) atoms. The first-order chi connectivity index (χ1) is 16.7. The molecule has 0 spiro atoms. The molecule has 186 valence electrons. The Bertz CT molecular complexity index is 1300. The summed E-state index contributed by atoms with van der Waals surface area (Å²) in [5, 5.41) is 11.7. The zero-order chi connectivity index (χ0) is 25.0. The van der Waals surface area contributed by atoms with Crippen LogP contribution in [0.1, 0.15) is 18.4 Å². The number of nitrogens with one attached hydrogen (secondary N) is 2. The molecule has 0 amide bonds. The summed E-state index contributed by atoms with van der Waals surface area (Å²) in [6.45, 7) is 1.80. The lowest BCUT2D eigenvalue weighted by Crippen LogP contribution is -2.39. The third kappa shape index (κ3) is 6.51. The van der Waals surface area contributed by atoms with E-state index < -0.39 is 10.0 Å². The number of nitrogens with two attached hydrogens (primary N) is 2. The molecule has 10 nitrogen and oxygen atoms in total. The molecule has 0 unspecified atom stereocenters. The predicted molar refractivity (Wildman–Crippen MR) is 139 cm³/mol. The van der Waals surface area contributed by atoms with Crippen molar-refractivity contribution in [3.63, 3.8) is 0 Å². The van der Waals surface area contributed by atoms with Crippen molar-refractivity contribution in [3.8, 4) is 5.75 Å². The van der Waals surface area contributed by atoms with E-state index in [0.29, 0.717) is 28.5 Å². The highest BCUT2D eigenvalue weighted by Crippen LogP contribution is 2.33. The molecule has 1 saturated heterocycles. The van der Waals surface area contributed by atoms with E-state index in [9.17, 15) is 8.42 Å². The fourth-order valence-electron chi connectivity index (χ4n) is 3.89. The van der Waals surface area contributed by atoms with Gasteiger partial charge in [-0.3, -0.25) is 0 Å². The Morgan fingerprint density at radius 1 is 1.14 bits per heavy atom. The lowest BCUT2D eigenvalue weighted by atomic mass is 10.1. The van der Waals surface area contributed by atoms with Crippen LogP contribution in [0.2, 0.25) is 5.02 Å². The van der Waals surface area contributed by atoms with Crippen molar-refractivity contribution < 1.29 is 13.2 Å². The van der Waals surface area contributed by atoms with Crippen LogP contribution >= 0.6 is 11.6 Å². The van der Waals surface area contributed by atoms with Crippen LogP contribution in [-0.4, -0.2) is 44.6 Å². The SMILES string of the molecule is COc1cc(N2CCC(N)CC2)ccc1Nc1ncc(Cl)c(Nc2ccccc2CS(N)(=O)=O)n1. The molecular weight excluding hydrogens is 490 g/mol. The van der Waals surface area contributed by atoms with Gasteiger partial charge in [-0.25, -0.2) is 18.5 Å². The van der Waals surface area contributed by atoms with Crippen molar-refractivity contribution >= 4 is 50.5 Å². The molecule has 0 atom stereocenters. The van der Waals surface area contributed by atoms with Crippen LogP contribution in [0.5, 0.6) is 5.75 Å². The average molecular weight is 518 g/mol. The number of primary sulfonamides is 1. The third-order valence-corrected chi connectivity index (χ3v) is 6.70. The standard InChI is InChI=1S/C23H28ClN7O3S/c1-34-21-12-17(31-10-8-16(25)9-11-31)6-7-20(21)29-23-27-13-18(24)22(30-23)28-19-5-3-2-4-15(19)14-35(26,32)33/h2-7,12-13,16H,8-11,14,25H2,1H3,(H2,26,32,33)(H2,27,28,29,30). The maximum absolute atomic E-state index is 11.6. The molecule has 1 fully saturated rings. The number of ether oxygens (including phenoxy) is 1. The second-order valence-corrected chi connectivity index (χ2v) is 10.3. The van der Waals surface area contributed by atoms with Gasteiger partial charge >= 0.3 is 0 Å². The highest BCUT2D eigenvalue weighted by Gasteiger charge is 2.18. The second kappa shape index (κ2) is 10.6. The minimum atomic E-state index is -3.71. The molecule has 1 aromatic heterocycles. The summed E-state index contributed by atoms with van der Waals surface area (Å²) in [6.07, 6.45) is 3.37. The van der Waals surface area contributed by atoms with Gasteiger partial charge in [0.25, 0.3) is 0 Å². The Hall–Kier alpha value is -3.12. The number of piperidine rings is 1. The van der Waals surface area contributed by atoms with Crippen LogP contribution in [-0.2, 0) is 15.8 Å². The van der Waals surface area contributed by atoms with Gasteiger partial charge < -0.3 is 26.0 Å². The number of benzene rings is 2. The lowest BCUT2D eigenvalue weighted by Gasteiger charge is -2.32. The van der Waals surface area contributed by atoms with Crippen LogP contribution in [0.3, 0.4) is 0 Å². The number of nitrogens with zero attached hydrogens (tertiary/aromatic N) is 3. The number of methoxy groups -OCH3 is 1. The van der Waals surface area contributed by atoms with E-state index in [1.807, 2.05) is 18.2 Å². The third-order valence-electron chi connectivity index (χ3n) is 5.71. The molecule has 2 heterocycles. The molecular formula is C23H28ClN7O3S. The number of aromatic nitrogens is 2. The fraction of sp³-hybridized carbons (Fsp3) is 0.304. The summed E-state index contributed by atoms with van der Waals surface area (Å²) in [4.78, 5) is 11.0. The lowest BCUT2D eigenvalue weighted by molar-refractivity contribution is 0.416. The van der Waals surface area contributed by atoms with Gasteiger partial charge in [-0.1, -0.05) is 29.8 Å². The van der Waals surface area contributed by atoms with Crippen molar-refractivity contribution in [2.45, 2.75) is 24.6 Å². The van der Waals surface area contributed by atoms with Gasteiger partial charge in [-0.2, -0.15) is 4.98 Å². The summed E-state index contributed by atoms with van der Waals surface area (Å²) in [5.41, 5.74) is 8.79. The van der Waals surface area contributed by atoms with Crippen LogP contribution < -0.4 is 31.1 Å². The van der Waals surface area contributed by atoms with Crippen LogP contribution in [0.15, 0.2) is 48.7 Å². The highest BCUT2D eigenvalue weighted by atomic mass is 35.5. The van der Waals surface area contributed by atoms with Gasteiger partial charge in [0.1, 0.15) is 10.8 Å². The van der Waals surface area contributed by atoms with E-state index >= 15 is 0 Å². The molecule has 3 aromatic rings. The fourth-order valence-corrected chi connectivity index (χ4v) is 4.71. The van der Waals surface area contributed by atoms with Gasteiger partial charge in [0.15, 0.2) is 5.82 Å². The van der Waals surface area contributed by atoms with E-state index in [1.54, 1.807) is 31.4 Å². The van der Waals surface area contributed by atoms with Crippen molar-refractivity contribution in [1.29, 1.82) is 0 Å². The van der Waals surface area contributed by atoms with Crippen LogP contribution in [0, 0.1) is 0 Å². The van der Waals surface area contributed by atoms with Gasteiger partial charge in [0, 0.05) is 36.6 Å². The smallest absolute Gasteiger partial charge is 0.229 e. The van der Waals surface area contributed by atoms with E-state index in [0.717, 1.165) is 31.6 Å². The molecule has 6 N–H and O–H groups in total. The molecule has 0 aliphatic carbocycles. The van der Waals surface area contributed by atoms with Gasteiger partial charge in [0.2, 0.25) is 16.0 Å². The summed E-state index contributed by atoms with van der Waals surface area (Å²) in [5.74, 6) is 0.919. The Morgan fingerprint density at radius 2 is 1.89 bits per heavy atom. The van der Waals surface area contributed by atoms with E-state index in [4.69, 9.17) is 27.2 Å². The largest absolute Gasteiger partial charge is 0.494 e. The van der Waals surface area contributed by atoms with Gasteiger partial charge in [-0.15, -0.1) is 0 Å². The first-order valence-electron chi connectivity index (χ1n) is 11.1. The zero-order valence-corrected chi connectivity index (χ0v) is 20.8. The van der Waals surface area contributed by atoms with Crippen molar-refractivity contribution in [2.24, 2.45) is 10.9 Å². The second-order valence-electron chi connectivity index (χ2n) is 8.31. The molecule has 12 heteroatoms. The molecule has 0 bridgehead atoms. The summed E-state index contributed by atoms with van der Waals surface area (Å²) in [7, 11) is -2.11. The number of anilines is 5. The predicted octanol–water partition coefficient (Wildman–Crippen LogP) is 3.34. The maximum Gasteiger partial charge on any atom is 0.229 e. The molecule has 1 aliphatic rings. The average Bonchev–Trinajstić information content (AvgIpc) is 2.82. The van der Waals surface area contributed by atoms with Crippen molar-refractivity contribution in [1.82, 2.24) is 9.97 Å². The van der Waals surface area contributed by atoms with Gasteiger partial charge in [0.05, 0.1) is 24.7 Å². The molecule has 0 radical (unpaired) electrons. The summed E-state index contributed by atoms with van der Waals surface area (Å²) >= 11 is 6.31. The van der Waals surface area contributed by atoms with E-state index in [1.165, 1.54) is 6.20 Å². The Morgan fingerprint density at radius 3 is 2.60 bits per heavy atom. The Labute approximate surface area is 209 Å². The first-order valence-corrected chi connectivity index (χ1v) is 13.1.